The van der Waals surface area contributed by atoms with Crippen LogP contribution in [0.2, 0.25) is 0 Å². The third-order valence-electron chi connectivity index (χ3n) is 0. The van der Waals surface area contributed by atoms with Gasteiger partial charge in [-0.2, -0.15) is 0 Å². The maximum atomic E-state index is 9.00. The Morgan fingerprint density at radius 2 is 1.67 bits per heavy atom. The molecule has 0 saturated heterocycles. The summed E-state index contributed by atoms with van der Waals surface area (Å²) in [5.41, 5.74) is 0. The molecule has 0 bridgehead atoms. The Bertz CT molecular complexity index is 31.8. The largest absolute Gasteiger partial charge is 0.481 e. The summed E-state index contributed by atoms with van der Waals surface area (Å²) in [7, 11) is 0. The van der Waals surface area contributed by atoms with Crippen LogP contribution >= 0.6 is 0 Å². The van der Waals surface area contributed by atoms with Crippen LogP contribution in [0, 0.1) is 38.2 Å². The molecular weight excluding hydrogens is 235 g/mol. The molecule has 0 spiro atoms. The average molecular weight is 241 g/mol. The van der Waals surface area contributed by atoms with Gasteiger partial charge in [0.15, 0.2) is 0 Å². The van der Waals surface area contributed by atoms with Crippen LogP contribution in [-0.4, -0.2) is 16.6 Å². The van der Waals surface area contributed by atoms with Gasteiger partial charge in [-0.1, -0.05) is 0 Å². The monoisotopic (exact) mass is 242 g/mol. The van der Waals surface area contributed by atoms with E-state index in [-0.39, 0.29) is 43.6 Å². The number of carboxylic acid groups (broad SMARTS) is 1. The molecule has 0 heterocycles. The van der Waals surface area contributed by atoms with Crippen molar-refractivity contribution in [1.82, 2.24) is 0 Å². The Morgan fingerprint density at radius 1 is 1.67 bits per heavy atom. The van der Waals surface area contributed by atoms with Gasteiger partial charge < -0.3 is 10.6 Å². The molecule has 0 aliphatic heterocycles. The van der Waals surface area contributed by atoms with Crippen LogP contribution in [0.4, 0.5) is 0 Å². The normalized spacial score (nSPS) is 4.17. The standard InChI is InChI=1S/C2H4O2.Dy.H2O/c1-2(3)4;;/h1H3,(H,3,4);;1H2. The first-order valence-electron chi connectivity index (χ1n) is 0.928. The number of hydrogen-bond acceptors (Lipinski definition) is 1. The minimum absolute atomic E-state index is 0. The summed E-state index contributed by atoms with van der Waals surface area (Å²) in [5, 5.41) is 7.42. The van der Waals surface area contributed by atoms with Crippen LogP contribution in [0.15, 0.2) is 0 Å². The third-order valence-corrected chi connectivity index (χ3v) is 0. The van der Waals surface area contributed by atoms with Crippen LogP contribution < -0.4 is 0 Å². The Balaban J connectivity index is -0.0000000450. The van der Waals surface area contributed by atoms with E-state index in [1.165, 1.54) is 0 Å². The quantitative estimate of drug-likeness (QED) is 0.606. The summed E-state index contributed by atoms with van der Waals surface area (Å²) in [4.78, 5) is 9.00. The van der Waals surface area contributed by atoms with Gasteiger partial charge in [0.05, 0.1) is 0 Å². The van der Waals surface area contributed by atoms with Gasteiger partial charge in [-0.25, -0.2) is 0 Å². The van der Waals surface area contributed by atoms with E-state index in [0.717, 1.165) is 6.92 Å². The number of hydrogen-bond donors (Lipinski definition) is 1. The second-order valence-corrected chi connectivity index (χ2v) is 0.519. The maximum Gasteiger partial charge on any atom is 0.300 e. The summed E-state index contributed by atoms with van der Waals surface area (Å²) >= 11 is 0. The second kappa shape index (κ2) is 9.20. The van der Waals surface area contributed by atoms with Gasteiger partial charge in [0.1, 0.15) is 0 Å². The number of rotatable bonds is 0. The Hall–Kier alpha value is 0.703. The summed E-state index contributed by atoms with van der Waals surface area (Å²) in [6.07, 6.45) is 0. The van der Waals surface area contributed by atoms with Gasteiger partial charge in [-0.15, -0.1) is 0 Å². The second-order valence-electron chi connectivity index (χ2n) is 0.519. The minimum Gasteiger partial charge on any atom is -0.481 e. The van der Waals surface area contributed by atoms with Crippen LogP contribution in [0.1, 0.15) is 6.92 Å². The SMILES string of the molecule is CC(=O)O.O.[Dy]. The maximum absolute atomic E-state index is 9.00. The van der Waals surface area contributed by atoms with E-state index in [0.29, 0.717) is 0 Å². The molecule has 0 aliphatic carbocycles. The fourth-order valence-corrected chi connectivity index (χ4v) is 0. The van der Waals surface area contributed by atoms with Crippen molar-refractivity contribution in [2.24, 2.45) is 0 Å². The number of aliphatic carboxylic acids is 1. The first-order chi connectivity index (χ1) is 1.73. The van der Waals surface area contributed by atoms with Gasteiger partial charge in [-0.3, -0.25) is 4.79 Å². The molecule has 0 atom stereocenters. The van der Waals surface area contributed by atoms with Gasteiger partial charge in [-0.05, 0) is 0 Å². The van der Waals surface area contributed by atoms with Crippen molar-refractivity contribution in [2.75, 3.05) is 0 Å². The fourth-order valence-electron chi connectivity index (χ4n) is 0. The van der Waals surface area contributed by atoms with E-state index in [4.69, 9.17) is 9.90 Å². The molecule has 0 unspecified atom stereocenters. The summed E-state index contributed by atoms with van der Waals surface area (Å²) in [5.74, 6) is -0.833. The van der Waals surface area contributed by atoms with Gasteiger partial charge in [0.25, 0.3) is 5.97 Å². The van der Waals surface area contributed by atoms with Gasteiger partial charge >= 0.3 is 0 Å². The Kier molecular flexibility index (Phi) is 24.4. The molecule has 6 heavy (non-hydrogen) atoms. The van der Waals surface area contributed by atoms with Crippen LogP contribution in [-0.2, 0) is 4.79 Å². The van der Waals surface area contributed by atoms with E-state index in [9.17, 15) is 0 Å². The molecule has 3 nitrogen and oxygen atoms in total. The van der Waals surface area contributed by atoms with Crippen molar-refractivity contribution >= 4 is 5.97 Å². The molecule has 4 heteroatoms. The molecule has 3 N–H and O–H groups in total. The van der Waals surface area contributed by atoms with E-state index >= 15 is 0 Å². The minimum atomic E-state index is -0.833. The smallest absolute Gasteiger partial charge is 0.300 e. The summed E-state index contributed by atoms with van der Waals surface area (Å²) < 4.78 is 0. The number of carboxylic acids is 1. The molecular formula is C2H6DyO3. The van der Waals surface area contributed by atoms with Crippen LogP contribution in [0.3, 0.4) is 0 Å². The average Bonchev–Trinajstić information content (AvgIpc) is 0.811. The Labute approximate surface area is 66.1 Å². The van der Waals surface area contributed by atoms with Gasteiger partial charge in [0.2, 0.25) is 0 Å². The van der Waals surface area contributed by atoms with Crippen molar-refractivity contribution < 1.29 is 53.6 Å². The first-order valence-corrected chi connectivity index (χ1v) is 0.928. The van der Waals surface area contributed by atoms with Crippen LogP contribution in [0.25, 0.3) is 0 Å². The van der Waals surface area contributed by atoms with E-state index in [1.807, 2.05) is 0 Å². The molecule has 0 saturated carbocycles. The molecule has 0 aromatic rings. The van der Waals surface area contributed by atoms with Gasteiger partial charge in [0, 0.05) is 45.1 Å². The Morgan fingerprint density at radius 3 is 1.67 bits per heavy atom. The van der Waals surface area contributed by atoms with E-state index < -0.39 is 5.97 Å². The predicted molar refractivity (Wildman–Crippen MR) is 16.9 cm³/mol. The zero-order valence-electron chi connectivity index (χ0n) is 3.17. The van der Waals surface area contributed by atoms with Crippen molar-refractivity contribution in [3.63, 3.8) is 0 Å². The van der Waals surface area contributed by atoms with E-state index in [2.05, 4.69) is 0 Å². The van der Waals surface area contributed by atoms with Crippen molar-refractivity contribution in [3.8, 4) is 0 Å². The van der Waals surface area contributed by atoms with Crippen LogP contribution in [0.5, 0.6) is 0 Å². The summed E-state index contributed by atoms with van der Waals surface area (Å²) in [6.45, 7) is 1.08. The molecule has 0 fully saturated rings. The predicted octanol–water partition coefficient (Wildman–Crippen LogP) is -0.734. The molecule has 0 rings (SSSR count). The molecule has 0 radical (unpaired) electrons. The van der Waals surface area contributed by atoms with Crippen molar-refractivity contribution in [2.45, 2.75) is 6.92 Å². The zero-order chi connectivity index (χ0) is 3.58. The number of carbonyl (C=O) groups is 1. The fraction of sp³-hybridized carbons (Fsp3) is 0.500. The molecule has 42 valence electrons. The molecule has 0 amide bonds. The van der Waals surface area contributed by atoms with E-state index in [1.54, 1.807) is 0 Å². The molecule has 0 aliphatic rings. The molecule has 0 aromatic carbocycles. The topological polar surface area (TPSA) is 68.8 Å². The zero-order valence-corrected chi connectivity index (χ0v) is 5.20. The van der Waals surface area contributed by atoms with Crippen molar-refractivity contribution in [3.05, 3.63) is 0 Å². The third kappa shape index (κ3) is 131. The summed E-state index contributed by atoms with van der Waals surface area (Å²) in [6, 6.07) is 0. The first kappa shape index (κ1) is 15.9. The van der Waals surface area contributed by atoms with Crippen molar-refractivity contribution in [1.29, 1.82) is 0 Å². The molecule has 0 aromatic heterocycles.